The second kappa shape index (κ2) is 7.30. The number of β-amino-alcohol motifs (C(OH)–C–C–N with tert-alkyl or cyclic N) is 1. The third-order valence-electron chi connectivity index (χ3n) is 3.05. The highest BCUT2D eigenvalue weighted by Gasteiger charge is 2.27. The van der Waals surface area contributed by atoms with Gasteiger partial charge in [0.1, 0.15) is 6.04 Å². The lowest BCUT2D eigenvalue weighted by Crippen LogP contribution is -2.34. The maximum atomic E-state index is 10.3. The molecule has 7 nitrogen and oxygen atoms in total. The monoisotopic (exact) mass is 260 g/mol. The Labute approximate surface area is 105 Å². The van der Waals surface area contributed by atoms with Gasteiger partial charge in [0, 0.05) is 19.5 Å². The van der Waals surface area contributed by atoms with Crippen molar-refractivity contribution in [2.24, 2.45) is 5.92 Å². The lowest BCUT2D eigenvalue weighted by atomic mass is 10.0. The zero-order valence-corrected chi connectivity index (χ0v) is 10.1. The molecule has 0 bridgehead atoms. The average Bonchev–Trinajstić information content (AvgIpc) is 2.78. The van der Waals surface area contributed by atoms with Crippen LogP contribution in [0.4, 0.5) is 0 Å². The van der Waals surface area contributed by atoms with Crippen molar-refractivity contribution in [1.29, 1.82) is 0 Å². The van der Waals surface area contributed by atoms with Gasteiger partial charge >= 0.3 is 11.9 Å². The standard InChI is InChI=1S/C6H11NO2.C5H9NO3/c8-6(9)5-2-1-3-7-4-5;7-3-1-4(5(8)9)6-2-3/h5,7H,1-4H2,(H,8,9);3-4,6-7H,1-2H2,(H,8,9)/t;3?,4-/m.0/s1. The number of hydrogen-bond acceptors (Lipinski definition) is 5. The highest BCUT2D eigenvalue weighted by molar-refractivity contribution is 5.73. The van der Waals surface area contributed by atoms with Gasteiger partial charge in [-0.1, -0.05) is 0 Å². The topological polar surface area (TPSA) is 119 Å². The van der Waals surface area contributed by atoms with Crippen molar-refractivity contribution < 1.29 is 24.9 Å². The molecule has 0 aromatic rings. The number of carboxylic acids is 2. The number of aliphatic hydroxyl groups excluding tert-OH is 1. The summed E-state index contributed by atoms with van der Waals surface area (Å²) in [6, 6.07) is -0.542. The lowest BCUT2D eigenvalue weighted by molar-refractivity contribution is -0.142. The van der Waals surface area contributed by atoms with Gasteiger partial charge in [0.05, 0.1) is 12.0 Å². The van der Waals surface area contributed by atoms with Crippen LogP contribution in [-0.4, -0.2) is 59.0 Å². The number of carbonyl (C=O) groups is 2. The van der Waals surface area contributed by atoms with Gasteiger partial charge in [0.2, 0.25) is 0 Å². The molecule has 18 heavy (non-hydrogen) atoms. The minimum Gasteiger partial charge on any atom is -0.481 e. The molecular weight excluding hydrogens is 240 g/mol. The maximum absolute atomic E-state index is 10.3. The van der Waals surface area contributed by atoms with Crippen molar-refractivity contribution in [2.45, 2.75) is 31.4 Å². The predicted molar refractivity (Wildman–Crippen MR) is 63.3 cm³/mol. The van der Waals surface area contributed by atoms with Crippen LogP contribution in [0.5, 0.6) is 0 Å². The number of aliphatic hydroxyl groups is 1. The van der Waals surface area contributed by atoms with Gasteiger partial charge in [-0.25, -0.2) is 0 Å². The fourth-order valence-electron chi connectivity index (χ4n) is 1.97. The molecular formula is C11H20N2O5. The van der Waals surface area contributed by atoms with E-state index in [1.54, 1.807) is 0 Å². The molecule has 0 spiro atoms. The predicted octanol–water partition coefficient (Wildman–Crippen LogP) is -1.14. The number of nitrogens with one attached hydrogen (secondary N) is 2. The fourth-order valence-corrected chi connectivity index (χ4v) is 1.97. The van der Waals surface area contributed by atoms with Crippen LogP contribution in [-0.2, 0) is 9.59 Å². The largest absolute Gasteiger partial charge is 0.481 e. The first kappa shape index (κ1) is 14.9. The van der Waals surface area contributed by atoms with Gasteiger partial charge in [-0.05, 0) is 19.4 Å². The molecule has 7 heteroatoms. The van der Waals surface area contributed by atoms with E-state index in [1.165, 1.54) is 0 Å². The van der Waals surface area contributed by atoms with Gasteiger partial charge in [-0.3, -0.25) is 9.59 Å². The number of rotatable bonds is 2. The van der Waals surface area contributed by atoms with E-state index in [2.05, 4.69) is 10.6 Å². The number of aliphatic carboxylic acids is 2. The molecule has 0 saturated carbocycles. The molecule has 2 heterocycles. The summed E-state index contributed by atoms with van der Waals surface area (Å²) < 4.78 is 0. The summed E-state index contributed by atoms with van der Waals surface area (Å²) >= 11 is 0. The normalized spacial score (nSPS) is 31.3. The Morgan fingerprint density at radius 3 is 2.11 bits per heavy atom. The van der Waals surface area contributed by atoms with Crippen LogP contribution in [0.1, 0.15) is 19.3 Å². The average molecular weight is 260 g/mol. The SMILES string of the molecule is O=C(O)C1CCCNC1.O=C(O)[C@@H]1CC(O)CN1. The van der Waals surface area contributed by atoms with Crippen molar-refractivity contribution in [2.75, 3.05) is 19.6 Å². The van der Waals surface area contributed by atoms with E-state index in [-0.39, 0.29) is 5.92 Å². The minimum absolute atomic E-state index is 0.140. The molecule has 2 rings (SSSR count). The van der Waals surface area contributed by atoms with Crippen LogP contribution in [0.25, 0.3) is 0 Å². The van der Waals surface area contributed by atoms with Gasteiger partial charge in [0.15, 0.2) is 0 Å². The summed E-state index contributed by atoms with van der Waals surface area (Å²) in [5.74, 6) is -1.69. The van der Waals surface area contributed by atoms with Gasteiger partial charge < -0.3 is 26.0 Å². The molecule has 0 aliphatic carbocycles. The van der Waals surface area contributed by atoms with Crippen molar-refractivity contribution in [1.82, 2.24) is 10.6 Å². The van der Waals surface area contributed by atoms with Crippen molar-refractivity contribution in [3.8, 4) is 0 Å². The van der Waals surface area contributed by atoms with E-state index < -0.39 is 24.1 Å². The summed E-state index contributed by atoms with van der Waals surface area (Å²) in [6.07, 6.45) is 1.68. The van der Waals surface area contributed by atoms with Crippen molar-refractivity contribution >= 4 is 11.9 Å². The van der Waals surface area contributed by atoms with Crippen LogP contribution in [0, 0.1) is 5.92 Å². The Hall–Kier alpha value is -1.18. The molecule has 2 fully saturated rings. The van der Waals surface area contributed by atoms with Crippen LogP contribution >= 0.6 is 0 Å². The van der Waals surface area contributed by atoms with E-state index >= 15 is 0 Å². The molecule has 3 atom stereocenters. The van der Waals surface area contributed by atoms with E-state index in [1.807, 2.05) is 0 Å². The minimum atomic E-state index is -0.883. The third-order valence-corrected chi connectivity index (χ3v) is 3.05. The number of carboxylic acid groups (broad SMARTS) is 2. The summed E-state index contributed by atoms with van der Waals surface area (Å²) in [5.41, 5.74) is 0. The Bertz CT molecular complexity index is 276. The summed E-state index contributed by atoms with van der Waals surface area (Å²) in [5, 5.41) is 31.4. The van der Waals surface area contributed by atoms with Crippen LogP contribution < -0.4 is 10.6 Å². The molecule has 0 radical (unpaired) electrons. The second-order valence-corrected chi connectivity index (χ2v) is 4.57. The maximum Gasteiger partial charge on any atom is 0.320 e. The van der Waals surface area contributed by atoms with Gasteiger partial charge in [-0.15, -0.1) is 0 Å². The fraction of sp³-hybridized carbons (Fsp3) is 0.818. The molecule has 2 unspecified atom stereocenters. The van der Waals surface area contributed by atoms with Crippen molar-refractivity contribution in [3.63, 3.8) is 0 Å². The molecule has 2 saturated heterocycles. The quantitative estimate of drug-likeness (QED) is 0.426. The Morgan fingerprint density at radius 2 is 1.83 bits per heavy atom. The second-order valence-electron chi connectivity index (χ2n) is 4.57. The first-order chi connectivity index (χ1) is 8.50. The number of piperidine rings is 1. The molecule has 5 N–H and O–H groups in total. The molecule has 104 valence electrons. The third kappa shape index (κ3) is 4.99. The van der Waals surface area contributed by atoms with E-state index in [9.17, 15) is 9.59 Å². The van der Waals surface area contributed by atoms with E-state index in [0.717, 1.165) is 19.4 Å². The van der Waals surface area contributed by atoms with Gasteiger partial charge in [0.25, 0.3) is 0 Å². The lowest BCUT2D eigenvalue weighted by Gasteiger charge is -2.18. The molecule has 2 aliphatic rings. The zero-order chi connectivity index (χ0) is 13.5. The first-order valence-corrected chi connectivity index (χ1v) is 6.08. The van der Waals surface area contributed by atoms with Crippen LogP contribution in [0.2, 0.25) is 0 Å². The Balaban J connectivity index is 0.000000180. The van der Waals surface area contributed by atoms with Crippen LogP contribution in [0.3, 0.4) is 0 Å². The van der Waals surface area contributed by atoms with E-state index in [0.29, 0.717) is 19.5 Å². The smallest absolute Gasteiger partial charge is 0.320 e. The van der Waals surface area contributed by atoms with Crippen LogP contribution in [0.15, 0.2) is 0 Å². The zero-order valence-electron chi connectivity index (χ0n) is 10.1. The number of hydrogen-bond donors (Lipinski definition) is 5. The molecule has 0 aromatic heterocycles. The molecule has 2 aliphatic heterocycles. The highest BCUT2D eigenvalue weighted by atomic mass is 16.4. The van der Waals surface area contributed by atoms with E-state index in [4.69, 9.17) is 15.3 Å². The Morgan fingerprint density at radius 1 is 1.11 bits per heavy atom. The van der Waals surface area contributed by atoms with Crippen molar-refractivity contribution in [3.05, 3.63) is 0 Å². The first-order valence-electron chi connectivity index (χ1n) is 6.08. The molecule has 0 amide bonds. The highest BCUT2D eigenvalue weighted by Crippen LogP contribution is 2.08. The Kier molecular flexibility index (Phi) is 6.03. The van der Waals surface area contributed by atoms with Gasteiger partial charge in [-0.2, -0.15) is 0 Å². The molecule has 0 aromatic carbocycles. The summed E-state index contributed by atoms with van der Waals surface area (Å²) in [4.78, 5) is 20.5. The summed E-state index contributed by atoms with van der Waals surface area (Å²) in [6.45, 7) is 2.02. The summed E-state index contributed by atoms with van der Waals surface area (Å²) in [7, 11) is 0.